The van der Waals surface area contributed by atoms with Crippen molar-refractivity contribution in [2.45, 2.75) is 11.9 Å². The molecule has 0 saturated heterocycles. The number of hydrogen-bond donors (Lipinski definition) is 0. The van der Waals surface area contributed by atoms with Crippen molar-refractivity contribution in [3.05, 3.63) is 45.1 Å². The molecular formula is C19H20N4O5S. The molecule has 0 atom stereocenters. The van der Waals surface area contributed by atoms with Gasteiger partial charge in [0.25, 0.3) is 5.56 Å². The normalized spacial score (nSPS) is 10.9. The third-order valence-corrected chi connectivity index (χ3v) is 5.20. The van der Waals surface area contributed by atoms with Gasteiger partial charge in [-0.25, -0.2) is 14.8 Å². The fourth-order valence-corrected chi connectivity index (χ4v) is 3.54. The highest BCUT2D eigenvalue weighted by Crippen LogP contribution is 2.27. The van der Waals surface area contributed by atoms with Crippen LogP contribution in [-0.4, -0.2) is 44.5 Å². The van der Waals surface area contributed by atoms with E-state index in [1.54, 1.807) is 38.3 Å². The number of nitrogens with zero attached hydrogens (tertiary/aromatic N) is 4. The lowest BCUT2D eigenvalue weighted by Gasteiger charge is -2.12. The van der Waals surface area contributed by atoms with E-state index in [1.165, 1.54) is 18.7 Å². The number of ether oxygens (including phenoxy) is 2. The van der Waals surface area contributed by atoms with Crippen molar-refractivity contribution in [3.8, 4) is 17.1 Å². The Morgan fingerprint density at radius 2 is 1.79 bits per heavy atom. The Morgan fingerprint density at radius 1 is 1.10 bits per heavy atom. The van der Waals surface area contributed by atoms with Gasteiger partial charge in [-0.15, -0.1) is 0 Å². The van der Waals surface area contributed by atoms with Gasteiger partial charge in [0.05, 0.1) is 19.5 Å². The molecule has 0 fully saturated rings. The van der Waals surface area contributed by atoms with E-state index in [2.05, 4.69) is 9.97 Å². The third kappa shape index (κ3) is 4.02. The van der Waals surface area contributed by atoms with Crippen molar-refractivity contribution < 1.29 is 14.3 Å². The van der Waals surface area contributed by atoms with Crippen molar-refractivity contribution in [2.24, 2.45) is 14.1 Å². The maximum Gasteiger partial charge on any atom is 0.332 e. The van der Waals surface area contributed by atoms with E-state index in [-0.39, 0.29) is 23.4 Å². The first kappa shape index (κ1) is 20.6. The Balaban J connectivity index is 2.22. The number of benzene rings is 1. The van der Waals surface area contributed by atoms with Gasteiger partial charge in [-0.2, -0.15) is 0 Å². The van der Waals surface area contributed by atoms with Gasteiger partial charge in [0.15, 0.2) is 11.5 Å². The molecule has 0 bridgehead atoms. The molecule has 0 aliphatic carbocycles. The molecule has 0 saturated carbocycles. The SMILES string of the molecule is CCOC(=O)CSc1nc(-c2ccc(OC)cc2)nc2c1c(=O)n(C)c(=O)n2C. The molecule has 0 radical (unpaired) electrons. The van der Waals surface area contributed by atoms with Gasteiger partial charge in [0.1, 0.15) is 16.2 Å². The van der Waals surface area contributed by atoms with Crippen LogP contribution in [0, 0.1) is 0 Å². The summed E-state index contributed by atoms with van der Waals surface area (Å²) in [6.07, 6.45) is 0. The van der Waals surface area contributed by atoms with Gasteiger partial charge in [-0.1, -0.05) is 11.8 Å². The lowest BCUT2D eigenvalue weighted by atomic mass is 10.2. The molecule has 0 amide bonds. The second kappa shape index (κ2) is 8.48. The molecule has 152 valence electrons. The fraction of sp³-hybridized carbons (Fsp3) is 0.316. The summed E-state index contributed by atoms with van der Waals surface area (Å²) in [6, 6.07) is 7.08. The first-order valence-electron chi connectivity index (χ1n) is 8.78. The Labute approximate surface area is 170 Å². The summed E-state index contributed by atoms with van der Waals surface area (Å²) in [5, 5.41) is 0.492. The number of methoxy groups -OCH3 is 1. The smallest absolute Gasteiger partial charge is 0.332 e. The van der Waals surface area contributed by atoms with E-state index in [1.807, 2.05) is 0 Å². The third-order valence-electron chi connectivity index (χ3n) is 4.25. The highest BCUT2D eigenvalue weighted by molar-refractivity contribution is 8.00. The average molecular weight is 416 g/mol. The molecule has 9 nitrogen and oxygen atoms in total. The van der Waals surface area contributed by atoms with Crippen molar-refractivity contribution in [2.75, 3.05) is 19.5 Å². The van der Waals surface area contributed by atoms with Crippen LogP contribution < -0.4 is 16.0 Å². The van der Waals surface area contributed by atoms with Crippen LogP contribution in [0.1, 0.15) is 6.92 Å². The molecule has 0 unspecified atom stereocenters. The zero-order valence-corrected chi connectivity index (χ0v) is 17.3. The minimum Gasteiger partial charge on any atom is -0.497 e. The van der Waals surface area contributed by atoms with Crippen molar-refractivity contribution in [1.29, 1.82) is 0 Å². The number of carbonyl (C=O) groups excluding carboxylic acids is 1. The average Bonchev–Trinajstić information content (AvgIpc) is 2.74. The first-order valence-corrected chi connectivity index (χ1v) is 9.76. The summed E-state index contributed by atoms with van der Waals surface area (Å²) < 4.78 is 12.4. The van der Waals surface area contributed by atoms with Gasteiger partial charge in [-0.05, 0) is 31.2 Å². The van der Waals surface area contributed by atoms with Gasteiger partial charge in [0.2, 0.25) is 0 Å². The quantitative estimate of drug-likeness (QED) is 0.337. The standard InChI is InChI=1S/C19H20N4O5S/c1-5-28-13(24)10-29-17-14-16(22(2)19(26)23(3)18(14)25)20-15(21-17)11-6-8-12(27-4)9-7-11/h6-9H,5,10H2,1-4H3. The molecule has 3 aromatic rings. The van der Waals surface area contributed by atoms with Crippen molar-refractivity contribution in [3.63, 3.8) is 0 Å². The summed E-state index contributed by atoms with van der Waals surface area (Å²) in [4.78, 5) is 45.9. The van der Waals surface area contributed by atoms with Crippen molar-refractivity contribution >= 4 is 28.8 Å². The summed E-state index contributed by atoms with van der Waals surface area (Å²) in [5.41, 5.74) is -0.136. The fourth-order valence-electron chi connectivity index (χ4n) is 2.73. The van der Waals surface area contributed by atoms with Crippen LogP contribution in [-0.2, 0) is 23.6 Å². The Kier molecular flexibility index (Phi) is 6.02. The lowest BCUT2D eigenvalue weighted by Crippen LogP contribution is -2.37. The van der Waals surface area contributed by atoms with E-state index in [0.717, 1.165) is 16.3 Å². The van der Waals surface area contributed by atoms with Gasteiger partial charge < -0.3 is 9.47 Å². The van der Waals surface area contributed by atoms with Crippen molar-refractivity contribution in [1.82, 2.24) is 19.1 Å². The topological polar surface area (TPSA) is 105 Å². The number of rotatable bonds is 6. The number of thioether (sulfide) groups is 1. The van der Waals surface area contributed by atoms with Crippen LogP contribution in [0.5, 0.6) is 5.75 Å². The van der Waals surface area contributed by atoms with E-state index < -0.39 is 17.2 Å². The maximum atomic E-state index is 12.7. The molecule has 0 spiro atoms. The van der Waals surface area contributed by atoms with Gasteiger partial charge in [0, 0.05) is 19.7 Å². The Hall–Kier alpha value is -3.14. The first-order chi connectivity index (χ1) is 13.9. The number of aromatic nitrogens is 4. The van der Waals surface area contributed by atoms with Crippen LogP contribution in [0.15, 0.2) is 38.9 Å². The van der Waals surface area contributed by atoms with Crippen LogP contribution in [0.2, 0.25) is 0 Å². The molecule has 0 N–H and O–H groups in total. The number of esters is 1. The van der Waals surface area contributed by atoms with Crippen LogP contribution in [0.25, 0.3) is 22.4 Å². The van der Waals surface area contributed by atoms with Crippen LogP contribution in [0.3, 0.4) is 0 Å². The molecule has 2 heterocycles. The number of hydrogen-bond acceptors (Lipinski definition) is 8. The minimum absolute atomic E-state index is 0.0198. The second-order valence-corrected chi connectivity index (χ2v) is 7.04. The summed E-state index contributed by atoms with van der Waals surface area (Å²) in [6.45, 7) is 1.98. The molecule has 3 rings (SSSR count). The summed E-state index contributed by atoms with van der Waals surface area (Å²) in [7, 11) is 4.49. The monoisotopic (exact) mass is 416 g/mol. The largest absolute Gasteiger partial charge is 0.497 e. The number of carbonyl (C=O) groups is 1. The molecular weight excluding hydrogens is 396 g/mol. The molecule has 0 aliphatic heterocycles. The highest BCUT2D eigenvalue weighted by Gasteiger charge is 2.19. The number of aryl methyl sites for hydroxylation is 1. The number of fused-ring (bicyclic) bond motifs is 1. The zero-order valence-electron chi connectivity index (χ0n) is 16.5. The Morgan fingerprint density at radius 3 is 2.41 bits per heavy atom. The van der Waals surface area contributed by atoms with E-state index in [0.29, 0.717) is 22.2 Å². The predicted octanol–water partition coefficient (Wildman–Crippen LogP) is 1.36. The van der Waals surface area contributed by atoms with E-state index in [4.69, 9.17) is 9.47 Å². The van der Waals surface area contributed by atoms with Gasteiger partial charge >= 0.3 is 11.7 Å². The molecule has 0 aliphatic rings. The molecule has 1 aromatic carbocycles. The van der Waals surface area contributed by atoms with Gasteiger partial charge in [-0.3, -0.25) is 18.7 Å². The second-order valence-electron chi connectivity index (χ2n) is 6.08. The maximum absolute atomic E-state index is 12.7. The summed E-state index contributed by atoms with van der Waals surface area (Å²) >= 11 is 1.07. The zero-order chi connectivity index (χ0) is 21.1. The predicted molar refractivity (Wildman–Crippen MR) is 109 cm³/mol. The highest BCUT2D eigenvalue weighted by atomic mass is 32.2. The minimum atomic E-state index is -0.518. The van der Waals surface area contributed by atoms with Crippen LogP contribution in [0.4, 0.5) is 0 Å². The lowest BCUT2D eigenvalue weighted by molar-refractivity contribution is -0.139. The van der Waals surface area contributed by atoms with Crippen LogP contribution >= 0.6 is 11.8 Å². The van der Waals surface area contributed by atoms with E-state index in [9.17, 15) is 14.4 Å². The molecule has 2 aromatic heterocycles. The van der Waals surface area contributed by atoms with E-state index >= 15 is 0 Å². The molecule has 29 heavy (non-hydrogen) atoms. The summed E-state index contributed by atoms with van der Waals surface area (Å²) in [5.74, 6) is 0.563. The molecule has 10 heteroatoms. The Bertz CT molecular complexity index is 1180.